The number of nitrogens with one attached hydrogen (secondary N) is 1. The smallest absolute Gasteiger partial charge is 0.251 e. The van der Waals surface area contributed by atoms with Gasteiger partial charge >= 0.3 is 0 Å². The van der Waals surface area contributed by atoms with Gasteiger partial charge in [0.25, 0.3) is 5.91 Å². The van der Waals surface area contributed by atoms with Crippen LogP contribution in [0, 0.1) is 0 Å². The van der Waals surface area contributed by atoms with Gasteiger partial charge in [0.05, 0.1) is 18.3 Å². The summed E-state index contributed by atoms with van der Waals surface area (Å²) in [5.41, 5.74) is 1.47. The second-order valence-corrected chi connectivity index (χ2v) is 5.55. The number of rotatable bonds is 4. The molecule has 1 atom stereocenters. The van der Waals surface area contributed by atoms with Crippen molar-refractivity contribution in [1.29, 1.82) is 0 Å². The highest BCUT2D eigenvalue weighted by Gasteiger charge is 2.30. The Morgan fingerprint density at radius 1 is 1.13 bits per heavy atom. The van der Waals surface area contributed by atoms with Gasteiger partial charge in [0, 0.05) is 18.3 Å². The molecule has 1 fully saturated rings. The zero-order valence-electron chi connectivity index (χ0n) is 12.8. The first kappa shape index (κ1) is 15.2. The molecule has 118 valence electrons. The van der Waals surface area contributed by atoms with Crippen molar-refractivity contribution < 1.29 is 9.59 Å². The molecular weight excluding hydrogens is 290 g/mol. The molecule has 0 bridgehead atoms. The summed E-state index contributed by atoms with van der Waals surface area (Å²) in [6, 6.07) is 14.7. The number of hydrogen-bond donors (Lipinski definition) is 1. The zero-order valence-corrected chi connectivity index (χ0v) is 12.8. The van der Waals surface area contributed by atoms with Crippen molar-refractivity contribution in [3.63, 3.8) is 0 Å². The Morgan fingerprint density at radius 2 is 1.91 bits per heavy atom. The van der Waals surface area contributed by atoms with Gasteiger partial charge in [0.15, 0.2) is 0 Å². The first-order valence-electron chi connectivity index (χ1n) is 7.79. The maximum atomic E-state index is 12.4. The molecule has 1 unspecified atom stereocenters. The summed E-state index contributed by atoms with van der Waals surface area (Å²) in [6.45, 7) is 0.721. The molecule has 0 saturated carbocycles. The second-order valence-electron chi connectivity index (χ2n) is 5.55. The van der Waals surface area contributed by atoms with Gasteiger partial charge in [-0.3, -0.25) is 14.6 Å². The molecule has 1 aliphatic heterocycles. The molecule has 5 nitrogen and oxygen atoms in total. The Balaban J connectivity index is 1.60. The standard InChI is InChI=1S/C18H19N3O2/c22-17(13-20-18(23)14-7-2-1-3-8-14)21-12-6-10-16(21)15-9-4-5-11-19-15/h1-5,7-9,11,16H,6,10,12-13H2,(H,20,23). The van der Waals surface area contributed by atoms with E-state index in [2.05, 4.69) is 10.3 Å². The molecule has 2 aromatic rings. The van der Waals surface area contributed by atoms with Gasteiger partial charge in [-0.05, 0) is 37.1 Å². The predicted molar refractivity (Wildman–Crippen MR) is 86.7 cm³/mol. The monoisotopic (exact) mass is 309 g/mol. The van der Waals surface area contributed by atoms with Crippen LogP contribution in [0.5, 0.6) is 0 Å². The number of pyridine rings is 1. The Kier molecular flexibility index (Phi) is 4.66. The van der Waals surface area contributed by atoms with Crippen LogP contribution in [-0.4, -0.2) is 34.8 Å². The van der Waals surface area contributed by atoms with Crippen LogP contribution in [0.4, 0.5) is 0 Å². The average molecular weight is 309 g/mol. The van der Waals surface area contributed by atoms with Crippen LogP contribution in [0.3, 0.4) is 0 Å². The van der Waals surface area contributed by atoms with Crippen LogP contribution in [0.25, 0.3) is 0 Å². The van der Waals surface area contributed by atoms with Crippen molar-refractivity contribution in [2.45, 2.75) is 18.9 Å². The number of aromatic nitrogens is 1. The van der Waals surface area contributed by atoms with E-state index < -0.39 is 0 Å². The minimum absolute atomic E-state index is 0.0110. The first-order chi connectivity index (χ1) is 11.3. The molecule has 1 aromatic heterocycles. The highest BCUT2D eigenvalue weighted by Crippen LogP contribution is 2.30. The van der Waals surface area contributed by atoms with Gasteiger partial charge in [-0.2, -0.15) is 0 Å². The largest absolute Gasteiger partial charge is 0.343 e. The molecule has 3 rings (SSSR count). The van der Waals surface area contributed by atoms with Crippen LogP contribution in [0.2, 0.25) is 0 Å². The Bertz CT molecular complexity index is 673. The molecule has 1 aliphatic rings. The van der Waals surface area contributed by atoms with Gasteiger partial charge in [-0.25, -0.2) is 0 Å². The zero-order chi connectivity index (χ0) is 16.1. The van der Waals surface area contributed by atoms with Crippen LogP contribution < -0.4 is 5.32 Å². The van der Waals surface area contributed by atoms with E-state index in [0.717, 1.165) is 18.5 Å². The molecule has 0 aliphatic carbocycles. The quantitative estimate of drug-likeness (QED) is 0.941. The van der Waals surface area contributed by atoms with E-state index in [4.69, 9.17) is 0 Å². The third kappa shape index (κ3) is 3.56. The normalized spacial score (nSPS) is 17.0. The summed E-state index contributed by atoms with van der Waals surface area (Å²) in [4.78, 5) is 30.6. The van der Waals surface area contributed by atoms with E-state index in [-0.39, 0.29) is 24.4 Å². The van der Waals surface area contributed by atoms with Crippen LogP contribution in [0.15, 0.2) is 54.7 Å². The lowest BCUT2D eigenvalue weighted by atomic mass is 10.1. The van der Waals surface area contributed by atoms with Crippen molar-refractivity contribution in [3.05, 3.63) is 66.0 Å². The van der Waals surface area contributed by atoms with Crippen molar-refractivity contribution in [1.82, 2.24) is 15.2 Å². The lowest BCUT2D eigenvalue weighted by Crippen LogP contribution is -2.40. The van der Waals surface area contributed by atoms with Gasteiger partial charge in [0.1, 0.15) is 0 Å². The minimum atomic E-state index is -0.229. The second kappa shape index (κ2) is 7.05. The lowest BCUT2D eigenvalue weighted by Gasteiger charge is -2.24. The van der Waals surface area contributed by atoms with E-state index in [9.17, 15) is 9.59 Å². The Morgan fingerprint density at radius 3 is 2.65 bits per heavy atom. The molecule has 1 saturated heterocycles. The molecule has 23 heavy (non-hydrogen) atoms. The topological polar surface area (TPSA) is 62.3 Å². The Labute approximate surface area is 135 Å². The van der Waals surface area contributed by atoms with Crippen LogP contribution >= 0.6 is 0 Å². The number of benzene rings is 1. The highest BCUT2D eigenvalue weighted by atomic mass is 16.2. The molecule has 2 amide bonds. The van der Waals surface area contributed by atoms with Gasteiger partial charge in [-0.1, -0.05) is 24.3 Å². The van der Waals surface area contributed by atoms with Crippen molar-refractivity contribution in [2.75, 3.05) is 13.1 Å². The molecule has 5 heteroatoms. The van der Waals surface area contributed by atoms with Gasteiger partial charge < -0.3 is 10.2 Å². The van der Waals surface area contributed by atoms with Crippen LogP contribution in [-0.2, 0) is 4.79 Å². The van der Waals surface area contributed by atoms with E-state index in [0.29, 0.717) is 12.1 Å². The summed E-state index contributed by atoms with van der Waals surface area (Å²) in [5, 5.41) is 2.70. The number of carbonyl (C=O) groups is 2. The fourth-order valence-electron chi connectivity index (χ4n) is 2.89. The van der Waals surface area contributed by atoms with E-state index >= 15 is 0 Å². The molecule has 1 N–H and O–H groups in total. The maximum absolute atomic E-state index is 12.4. The highest BCUT2D eigenvalue weighted by molar-refractivity contribution is 5.96. The van der Waals surface area contributed by atoms with E-state index in [1.54, 1.807) is 30.5 Å². The molecule has 0 spiro atoms. The van der Waals surface area contributed by atoms with Crippen LogP contribution in [0.1, 0.15) is 34.9 Å². The molecule has 1 aromatic carbocycles. The van der Waals surface area contributed by atoms with Gasteiger partial charge in [0.2, 0.25) is 5.91 Å². The maximum Gasteiger partial charge on any atom is 0.251 e. The van der Waals surface area contributed by atoms with E-state index in [1.807, 2.05) is 29.2 Å². The third-order valence-corrected chi connectivity index (χ3v) is 4.04. The van der Waals surface area contributed by atoms with E-state index in [1.165, 1.54) is 0 Å². The lowest BCUT2D eigenvalue weighted by molar-refractivity contribution is -0.131. The number of amides is 2. The fourth-order valence-corrected chi connectivity index (χ4v) is 2.89. The molecule has 0 radical (unpaired) electrons. The minimum Gasteiger partial charge on any atom is -0.343 e. The SMILES string of the molecule is O=C(NCC(=O)N1CCCC1c1ccccn1)c1ccccc1. The third-order valence-electron chi connectivity index (χ3n) is 4.04. The Hall–Kier alpha value is -2.69. The van der Waals surface area contributed by atoms with Crippen molar-refractivity contribution in [3.8, 4) is 0 Å². The summed E-state index contributed by atoms with van der Waals surface area (Å²) in [5.74, 6) is -0.296. The number of carbonyl (C=O) groups excluding carboxylic acids is 2. The predicted octanol–water partition coefficient (Wildman–Crippen LogP) is 2.18. The fraction of sp³-hybridized carbons (Fsp3) is 0.278. The number of likely N-dealkylation sites (tertiary alicyclic amines) is 1. The van der Waals surface area contributed by atoms with Crippen molar-refractivity contribution >= 4 is 11.8 Å². The summed E-state index contributed by atoms with van der Waals surface area (Å²) < 4.78 is 0. The summed E-state index contributed by atoms with van der Waals surface area (Å²) in [7, 11) is 0. The molecular formula is C18H19N3O2. The van der Waals surface area contributed by atoms with Crippen molar-refractivity contribution in [2.24, 2.45) is 0 Å². The summed E-state index contributed by atoms with van der Waals surface area (Å²) in [6.07, 6.45) is 3.61. The average Bonchev–Trinajstić information content (AvgIpc) is 3.11. The molecule has 2 heterocycles. The van der Waals surface area contributed by atoms with Gasteiger partial charge in [-0.15, -0.1) is 0 Å². The first-order valence-corrected chi connectivity index (χ1v) is 7.79. The summed E-state index contributed by atoms with van der Waals surface area (Å²) >= 11 is 0. The number of nitrogens with zero attached hydrogens (tertiary/aromatic N) is 2. The number of hydrogen-bond acceptors (Lipinski definition) is 3.